The topological polar surface area (TPSA) is 93.8 Å². The molecule has 1 atom stereocenters. The molecular formula is C31H25N5O3. The van der Waals surface area contributed by atoms with E-state index in [0.29, 0.717) is 12.4 Å². The minimum Gasteiger partial charge on any atom is -0.497 e. The highest BCUT2D eigenvalue weighted by atomic mass is 16.6. The number of ether oxygens (including phenoxy) is 1. The average Bonchev–Trinajstić information content (AvgIpc) is 3.43. The standard InChI is InChI=1S/C31H25N5O3/c1-20-14-15-27-26(16-20)30(21-8-4-3-5-9-21)33-31(32-27)35-29(23-11-6-12-24(17-23)36(37)38)19-28(34-35)22-10-7-13-25(18-22)39-2/h3-18,29H,19H2,1-2H3. The van der Waals surface area contributed by atoms with Crippen LogP contribution in [0.1, 0.15) is 29.2 Å². The molecule has 5 aromatic rings. The number of hydrazone groups is 1. The van der Waals surface area contributed by atoms with E-state index in [-0.39, 0.29) is 16.7 Å². The summed E-state index contributed by atoms with van der Waals surface area (Å²) in [5.41, 5.74) is 6.22. The van der Waals surface area contributed by atoms with Crippen LogP contribution in [0.25, 0.3) is 22.2 Å². The van der Waals surface area contributed by atoms with Gasteiger partial charge in [0, 0.05) is 35.1 Å². The van der Waals surface area contributed by atoms with Crippen LogP contribution in [0.15, 0.2) is 102 Å². The zero-order chi connectivity index (χ0) is 26.9. The molecule has 4 aromatic carbocycles. The molecule has 1 unspecified atom stereocenters. The molecule has 0 amide bonds. The van der Waals surface area contributed by atoms with Crippen molar-refractivity contribution in [1.82, 2.24) is 9.97 Å². The van der Waals surface area contributed by atoms with Gasteiger partial charge in [0.25, 0.3) is 5.69 Å². The Kier molecular flexibility index (Phi) is 6.20. The fourth-order valence-electron chi connectivity index (χ4n) is 4.93. The number of non-ortho nitro benzene ring substituents is 1. The van der Waals surface area contributed by atoms with Crippen LogP contribution in [0, 0.1) is 17.0 Å². The van der Waals surface area contributed by atoms with Gasteiger partial charge < -0.3 is 4.74 Å². The summed E-state index contributed by atoms with van der Waals surface area (Å²) < 4.78 is 5.43. The first kappa shape index (κ1) is 24.2. The number of aryl methyl sites for hydroxylation is 1. The Bertz CT molecular complexity index is 1740. The maximum Gasteiger partial charge on any atom is 0.269 e. The quantitative estimate of drug-likeness (QED) is 0.181. The summed E-state index contributed by atoms with van der Waals surface area (Å²) in [4.78, 5) is 21.2. The highest BCUT2D eigenvalue weighted by Gasteiger charge is 2.33. The second kappa shape index (κ2) is 9.98. The molecular weight excluding hydrogens is 490 g/mol. The number of nitro benzene ring substituents is 1. The molecule has 1 aliphatic rings. The molecule has 8 heteroatoms. The van der Waals surface area contributed by atoms with Gasteiger partial charge in [-0.1, -0.05) is 66.2 Å². The van der Waals surface area contributed by atoms with Gasteiger partial charge in [0.05, 0.1) is 35.0 Å². The van der Waals surface area contributed by atoms with Gasteiger partial charge in [0.15, 0.2) is 0 Å². The lowest BCUT2D eigenvalue weighted by Crippen LogP contribution is -2.21. The monoisotopic (exact) mass is 515 g/mol. The molecule has 2 heterocycles. The first-order valence-electron chi connectivity index (χ1n) is 12.6. The third-order valence-electron chi connectivity index (χ3n) is 6.87. The molecule has 0 saturated carbocycles. The van der Waals surface area contributed by atoms with Gasteiger partial charge in [-0.2, -0.15) is 5.10 Å². The zero-order valence-corrected chi connectivity index (χ0v) is 21.5. The van der Waals surface area contributed by atoms with Crippen LogP contribution in [0.3, 0.4) is 0 Å². The maximum absolute atomic E-state index is 11.6. The number of fused-ring (bicyclic) bond motifs is 1. The van der Waals surface area contributed by atoms with Crippen LogP contribution >= 0.6 is 0 Å². The van der Waals surface area contributed by atoms with Gasteiger partial charge in [-0.25, -0.2) is 15.0 Å². The van der Waals surface area contributed by atoms with Crippen molar-refractivity contribution in [2.24, 2.45) is 5.10 Å². The van der Waals surface area contributed by atoms with Crippen LogP contribution in [-0.2, 0) is 0 Å². The smallest absolute Gasteiger partial charge is 0.269 e. The lowest BCUT2D eigenvalue weighted by Gasteiger charge is -2.23. The number of anilines is 1. The van der Waals surface area contributed by atoms with E-state index in [1.165, 1.54) is 6.07 Å². The number of nitro groups is 1. The predicted octanol–water partition coefficient (Wildman–Crippen LogP) is 6.88. The Morgan fingerprint density at radius 1 is 0.897 bits per heavy atom. The summed E-state index contributed by atoms with van der Waals surface area (Å²) in [6, 6.07) is 30.2. The largest absolute Gasteiger partial charge is 0.497 e. The van der Waals surface area contributed by atoms with E-state index in [1.54, 1.807) is 24.3 Å². The van der Waals surface area contributed by atoms with Gasteiger partial charge >= 0.3 is 0 Å². The average molecular weight is 516 g/mol. The Morgan fingerprint density at radius 3 is 2.49 bits per heavy atom. The minimum absolute atomic E-state index is 0.0298. The molecule has 0 bridgehead atoms. The van der Waals surface area contributed by atoms with E-state index in [9.17, 15) is 10.1 Å². The normalized spacial score (nSPS) is 14.9. The SMILES string of the molecule is COc1cccc(C2=NN(c3nc(-c4ccccc4)c4cc(C)ccc4n3)C(c3cccc([N+](=O)[O-])c3)C2)c1. The van der Waals surface area contributed by atoms with Crippen molar-refractivity contribution >= 4 is 28.3 Å². The van der Waals surface area contributed by atoms with Crippen molar-refractivity contribution in [2.45, 2.75) is 19.4 Å². The molecule has 0 saturated heterocycles. The first-order valence-corrected chi connectivity index (χ1v) is 12.6. The third kappa shape index (κ3) is 4.68. The van der Waals surface area contributed by atoms with Gasteiger partial charge in [-0.3, -0.25) is 10.1 Å². The lowest BCUT2D eigenvalue weighted by atomic mass is 9.98. The molecule has 8 nitrogen and oxygen atoms in total. The summed E-state index contributed by atoms with van der Waals surface area (Å²) in [5.74, 6) is 1.16. The van der Waals surface area contributed by atoms with Gasteiger partial charge in [-0.15, -0.1) is 0 Å². The molecule has 0 aliphatic carbocycles. The van der Waals surface area contributed by atoms with Crippen molar-refractivity contribution in [3.05, 3.63) is 124 Å². The minimum atomic E-state index is -0.380. The summed E-state index contributed by atoms with van der Waals surface area (Å²) in [5, 5.41) is 19.3. The number of hydrogen-bond acceptors (Lipinski definition) is 7. The molecule has 0 N–H and O–H groups in total. The molecule has 6 rings (SSSR count). The first-order chi connectivity index (χ1) is 19.0. The Balaban J connectivity index is 1.54. The van der Waals surface area contributed by atoms with Crippen LogP contribution in [0.2, 0.25) is 0 Å². The molecule has 1 aliphatic heterocycles. The molecule has 0 fully saturated rings. The fourth-order valence-corrected chi connectivity index (χ4v) is 4.93. The zero-order valence-electron chi connectivity index (χ0n) is 21.5. The Labute approximate surface area is 225 Å². The van der Waals surface area contributed by atoms with Crippen molar-refractivity contribution in [1.29, 1.82) is 0 Å². The molecule has 39 heavy (non-hydrogen) atoms. The summed E-state index contributed by atoms with van der Waals surface area (Å²) in [7, 11) is 1.63. The van der Waals surface area contributed by atoms with Crippen molar-refractivity contribution in [2.75, 3.05) is 12.1 Å². The highest BCUT2D eigenvalue weighted by Crippen LogP contribution is 2.38. The van der Waals surface area contributed by atoms with Crippen molar-refractivity contribution < 1.29 is 9.66 Å². The van der Waals surface area contributed by atoms with Crippen LogP contribution < -0.4 is 9.75 Å². The maximum atomic E-state index is 11.6. The van der Waals surface area contributed by atoms with Crippen LogP contribution in [0.5, 0.6) is 5.75 Å². The van der Waals surface area contributed by atoms with Crippen molar-refractivity contribution in [3.8, 4) is 17.0 Å². The van der Waals surface area contributed by atoms with E-state index in [1.807, 2.05) is 79.7 Å². The summed E-state index contributed by atoms with van der Waals surface area (Å²) in [6.45, 7) is 2.05. The van der Waals surface area contributed by atoms with E-state index in [4.69, 9.17) is 19.8 Å². The number of aromatic nitrogens is 2. The highest BCUT2D eigenvalue weighted by molar-refractivity contribution is 6.03. The Morgan fingerprint density at radius 2 is 1.69 bits per heavy atom. The molecule has 192 valence electrons. The van der Waals surface area contributed by atoms with E-state index in [2.05, 4.69) is 6.07 Å². The van der Waals surface area contributed by atoms with E-state index >= 15 is 0 Å². The summed E-state index contributed by atoms with van der Waals surface area (Å²) >= 11 is 0. The number of hydrogen-bond donors (Lipinski definition) is 0. The number of benzene rings is 4. The number of nitrogens with zero attached hydrogens (tertiary/aromatic N) is 5. The second-order valence-corrected chi connectivity index (χ2v) is 9.45. The number of methoxy groups -OCH3 is 1. The van der Waals surface area contributed by atoms with Gasteiger partial charge in [-0.05, 0) is 36.8 Å². The van der Waals surface area contributed by atoms with Crippen LogP contribution in [0.4, 0.5) is 11.6 Å². The lowest BCUT2D eigenvalue weighted by molar-refractivity contribution is -0.384. The predicted molar refractivity (Wildman–Crippen MR) is 152 cm³/mol. The van der Waals surface area contributed by atoms with Crippen molar-refractivity contribution in [3.63, 3.8) is 0 Å². The molecule has 0 spiro atoms. The number of rotatable bonds is 6. The second-order valence-electron chi connectivity index (χ2n) is 9.45. The molecule has 0 radical (unpaired) electrons. The fraction of sp³-hybridized carbons (Fsp3) is 0.129. The third-order valence-corrected chi connectivity index (χ3v) is 6.87. The van der Waals surface area contributed by atoms with E-state index in [0.717, 1.165) is 50.3 Å². The van der Waals surface area contributed by atoms with E-state index < -0.39 is 0 Å². The Hall–Kier alpha value is -5.11. The molecule has 1 aromatic heterocycles. The van der Waals surface area contributed by atoms with Gasteiger partial charge in [0.2, 0.25) is 5.95 Å². The van der Waals surface area contributed by atoms with Gasteiger partial charge in [0.1, 0.15) is 5.75 Å². The van der Waals surface area contributed by atoms with Crippen LogP contribution in [-0.4, -0.2) is 27.7 Å². The summed E-state index contributed by atoms with van der Waals surface area (Å²) in [6.07, 6.45) is 0.518.